The number of anilines is 1. The molecule has 20 heavy (non-hydrogen) atoms. The molecule has 0 unspecified atom stereocenters. The highest BCUT2D eigenvalue weighted by atomic mass is 16.3. The number of amides is 1. The molecule has 1 N–H and O–H groups in total. The van der Waals surface area contributed by atoms with Gasteiger partial charge >= 0.3 is 0 Å². The topological polar surface area (TPSA) is 73.0 Å². The van der Waals surface area contributed by atoms with Crippen molar-refractivity contribution in [3.05, 3.63) is 54.7 Å². The lowest BCUT2D eigenvalue weighted by atomic mass is 10.2. The number of aryl methyl sites for hydroxylation is 1. The lowest BCUT2D eigenvalue weighted by Gasteiger charge is -2.06. The minimum Gasteiger partial charge on any atom is -0.459 e. The number of benzene rings is 1. The van der Waals surface area contributed by atoms with Crippen LogP contribution in [0.5, 0.6) is 0 Å². The fourth-order valence-corrected chi connectivity index (χ4v) is 1.88. The Morgan fingerprint density at radius 2 is 2.20 bits per heavy atom. The lowest BCUT2D eigenvalue weighted by molar-refractivity contribution is 0.0996. The van der Waals surface area contributed by atoms with Gasteiger partial charge in [0, 0.05) is 18.3 Å². The van der Waals surface area contributed by atoms with Crippen molar-refractivity contribution in [3.8, 4) is 11.4 Å². The van der Waals surface area contributed by atoms with Crippen LogP contribution in [0.3, 0.4) is 0 Å². The van der Waals surface area contributed by atoms with Crippen LogP contribution in [0.25, 0.3) is 11.4 Å². The Morgan fingerprint density at radius 3 is 2.90 bits per heavy atom. The first-order valence-electron chi connectivity index (χ1n) is 6.03. The van der Waals surface area contributed by atoms with Crippen molar-refractivity contribution in [3.63, 3.8) is 0 Å². The van der Waals surface area contributed by atoms with Gasteiger partial charge < -0.3 is 14.3 Å². The Labute approximate surface area is 115 Å². The monoisotopic (exact) mass is 268 g/mol. The zero-order valence-electron chi connectivity index (χ0n) is 10.8. The highest BCUT2D eigenvalue weighted by Gasteiger charge is 2.10. The number of nitrogens with zero attached hydrogens (tertiary/aromatic N) is 3. The Bertz CT molecular complexity index is 731. The van der Waals surface area contributed by atoms with Gasteiger partial charge in [0.25, 0.3) is 5.91 Å². The molecular weight excluding hydrogens is 256 g/mol. The molecule has 0 spiro atoms. The minimum atomic E-state index is -0.287. The average molecular weight is 268 g/mol. The zero-order chi connectivity index (χ0) is 13.9. The van der Waals surface area contributed by atoms with Crippen LogP contribution >= 0.6 is 0 Å². The molecule has 0 aliphatic heterocycles. The molecule has 0 atom stereocenters. The van der Waals surface area contributed by atoms with Crippen LogP contribution in [0.4, 0.5) is 5.69 Å². The fraction of sp³-hybridized carbons (Fsp3) is 0.0714. The predicted molar refractivity (Wildman–Crippen MR) is 73.1 cm³/mol. The number of hydrogen-bond donors (Lipinski definition) is 1. The average Bonchev–Trinajstić information content (AvgIpc) is 3.10. The third-order valence-corrected chi connectivity index (χ3v) is 2.83. The summed E-state index contributed by atoms with van der Waals surface area (Å²) in [4.78, 5) is 11.9. The molecule has 6 nitrogen and oxygen atoms in total. The molecule has 3 rings (SSSR count). The van der Waals surface area contributed by atoms with Crippen molar-refractivity contribution < 1.29 is 9.21 Å². The molecule has 0 aliphatic rings. The maximum Gasteiger partial charge on any atom is 0.291 e. The maximum absolute atomic E-state index is 11.9. The third-order valence-electron chi connectivity index (χ3n) is 2.83. The molecular formula is C14H12N4O2. The lowest BCUT2D eigenvalue weighted by Crippen LogP contribution is -2.10. The van der Waals surface area contributed by atoms with Crippen LogP contribution in [-0.4, -0.2) is 20.7 Å². The summed E-state index contributed by atoms with van der Waals surface area (Å²) in [6, 6.07) is 10.7. The van der Waals surface area contributed by atoms with E-state index >= 15 is 0 Å². The summed E-state index contributed by atoms with van der Waals surface area (Å²) in [5, 5.41) is 10.7. The summed E-state index contributed by atoms with van der Waals surface area (Å²) in [6.07, 6.45) is 3.09. The highest BCUT2D eigenvalue weighted by Crippen LogP contribution is 2.20. The van der Waals surface area contributed by atoms with Crippen LogP contribution in [-0.2, 0) is 7.05 Å². The molecule has 1 amide bonds. The first-order chi connectivity index (χ1) is 9.74. The van der Waals surface area contributed by atoms with E-state index in [1.54, 1.807) is 24.5 Å². The summed E-state index contributed by atoms with van der Waals surface area (Å²) in [7, 11) is 1.86. The van der Waals surface area contributed by atoms with Crippen LogP contribution in [0.2, 0.25) is 0 Å². The molecule has 0 bridgehead atoms. The van der Waals surface area contributed by atoms with Crippen molar-refractivity contribution in [2.24, 2.45) is 7.05 Å². The van der Waals surface area contributed by atoms with E-state index in [1.807, 2.05) is 29.8 Å². The SMILES string of the molecule is Cn1cnnc1-c1cccc(NC(=O)c2ccco2)c1. The molecule has 100 valence electrons. The molecule has 2 heterocycles. The first-order valence-corrected chi connectivity index (χ1v) is 6.03. The molecule has 0 aliphatic carbocycles. The van der Waals surface area contributed by atoms with Gasteiger partial charge in [0.2, 0.25) is 0 Å². The number of nitrogens with one attached hydrogen (secondary N) is 1. The van der Waals surface area contributed by atoms with Crippen molar-refractivity contribution >= 4 is 11.6 Å². The molecule has 0 saturated heterocycles. The maximum atomic E-state index is 11.9. The Kier molecular flexibility index (Phi) is 3.04. The normalized spacial score (nSPS) is 10.4. The fourth-order valence-electron chi connectivity index (χ4n) is 1.88. The predicted octanol–water partition coefficient (Wildman–Crippen LogP) is 2.33. The van der Waals surface area contributed by atoms with Gasteiger partial charge in [-0.1, -0.05) is 12.1 Å². The van der Waals surface area contributed by atoms with Crippen molar-refractivity contribution in [2.75, 3.05) is 5.32 Å². The molecule has 0 saturated carbocycles. The standard InChI is InChI=1S/C14H12N4O2/c1-18-9-15-17-13(18)10-4-2-5-11(8-10)16-14(19)12-6-3-7-20-12/h2-9H,1H3,(H,16,19). The summed E-state index contributed by atoms with van der Waals surface area (Å²) in [5.74, 6) is 0.721. The number of aromatic nitrogens is 3. The summed E-state index contributed by atoms with van der Waals surface area (Å²) >= 11 is 0. The molecule has 0 fully saturated rings. The zero-order valence-corrected chi connectivity index (χ0v) is 10.8. The molecule has 3 aromatic rings. The van der Waals surface area contributed by atoms with E-state index in [0.29, 0.717) is 5.69 Å². The van der Waals surface area contributed by atoms with Crippen LogP contribution in [0.15, 0.2) is 53.4 Å². The number of rotatable bonds is 3. The Morgan fingerprint density at radius 1 is 1.30 bits per heavy atom. The minimum absolute atomic E-state index is 0.272. The number of carbonyl (C=O) groups is 1. The van der Waals surface area contributed by atoms with E-state index in [4.69, 9.17) is 4.42 Å². The highest BCUT2D eigenvalue weighted by molar-refractivity contribution is 6.02. The van der Waals surface area contributed by atoms with Gasteiger partial charge in [-0.3, -0.25) is 4.79 Å². The number of furan rings is 1. The van der Waals surface area contributed by atoms with E-state index in [9.17, 15) is 4.79 Å². The van der Waals surface area contributed by atoms with Gasteiger partial charge in [-0.25, -0.2) is 0 Å². The van der Waals surface area contributed by atoms with E-state index < -0.39 is 0 Å². The van der Waals surface area contributed by atoms with E-state index in [-0.39, 0.29) is 11.7 Å². The molecule has 0 radical (unpaired) electrons. The molecule has 2 aromatic heterocycles. The summed E-state index contributed by atoms with van der Waals surface area (Å²) < 4.78 is 6.86. The van der Waals surface area contributed by atoms with Crippen LogP contribution < -0.4 is 5.32 Å². The van der Waals surface area contributed by atoms with Gasteiger partial charge in [-0.2, -0.15) is 0 Å². The van der Waals surface area contributed by atoms with E-state index in [0.717, 1.165) is 11.4 Å². The Balaban J connectivity index is 1.85. The van der Waals surface area contributed by atoms with Gasteiger partial charge in [-0.15, -0.1) is 10.2 Å². The van der Waals surface area contributed by atoms with E-state index in [1.165, 1.54) is 6.26 Å². The largest absolute Gasteiger partial charge is 0.459 e. The number of carbonyl (C=O) groups excluding carboxylic acids is 1. The second-order valence-electron chi connectivity index (χ2n) is 4.28. The second-order valence-corrected chi connectivity index (χ2v) is 4.28. The summed E-state index contributed by atoms with van der Waals surface area (Å²) in [6.45, 7) is 0. The summed E-state index contributed by atoms with van der Waals surface area (Å²) in [5.41, 5.74) is 1.55. The smallest absolute Gasteiger partial charge is 0.291 e. The van der Waals surface area contributed by atoms with Crippen LogP contribution in [0, 0.1) is 0 Å². The van der Waals surface area contributed by atoms with Gasteiger partial charge in [0.05, 0.1) is 6.26 Å². The quantitative estimate of drug-likeness (QED) is 0.791. The van der Waals surface area contributed by atoms with Gasteiger partial charge in [0.15, 0.2) is 11.6 Å². The number of hydrogen-bond acceptors (Lipinski definition) is 4. The second kappa shape index (κ2) is 5.00. The third kappa shape index (κ3) is 2.31. The Hall–Kier alpha value is -2.89. The molecule has 1 aromatic carbocycles. The van der Waals surface area contributed by atoms with Crippen LogP contribution in [0.1, 0.15) is 10.6 Å². The van der Waals surface area contributed by atoms with Gasteiger partial charge in [0.1, 0.15) is 6.33 Å². The van der Waals surface area contributed by atoms with Crippen molar-refractivity contribution in [1.29, 1.82) is 0 Å². The first kappa shape index (κ1) is 12.2. The molecule has 6 heteroatoms. The van der Waals surface area contributed by atoms with Crippen molar-refractivity contribution in [1.82, 2.24) is 14.8 Å². The van der Waals surface area contributed by atoms with E-state index in [2.05, 4.69) is 15.5 Å². The van der Waals surface area contributed by atoms with Crippen molar-refractivity contribution in [2.45, 2.75) is 0 Å². The van der Waals surface area contributed by atoms with Gasteiger partial charge in [-0.05, 0) is 24.3 Å².